The fraction of sp³-hybridized carbons (Fsp3) is 0.471. The van der Waals surface area contributed by atoms with E-state index in [1.807, 2.05) is 10.7 Å². The van der Waals surface area contributed by atoms with E-state index in [9.17, 15) is 13.5 Å². The molecule has 0 bridgehead atoms. The lowest BCUT2D eigenvalue weighted by molar-refractivity contribution is 0.191. The minimum atomic E-state index is -3.24. The molecule has 0 saturated heterocycles. The van der Waals surface area contributed by atoms with Crippen LogP contribution in [0.25, 0.3) is 0 Å². The van der Waals surface area contributed by atoms with Crippen LogP contribution in [0.1, 0.15) is 23.1 Å². The van der Waals surface area contributed by atoms with Crippen LogP contribution >= 0.6 is 11.8 Å². The molecule has 0 unspecified atom stereocenters. The highest BCUT2D eigenvalue weighted by molar-refractivity contribution is 7.98. The van der Waals surface area contributed by atoms with Gasteiger partial charge < -0.3 is 5.11 Å². The van der Waals surface area contributed by atoms with Crippen molar-refractivity contribution in [3.8, 4) is 0 Å². The second-order valence-electron chi connectivity index (χ2n) is 6.41. The molecule has 1 atom stereocenters. The minimum Gasteiger partial charge on any atom is -0.386 e. The molecule has 1 aromatic carbocycles. The summed E-state index contributed by atoms with van der Waals surface area (Å²) in [4.78, 5) is 3.63. The van der Waals surface area contributed by atoms with E-state index in [0.29, 0.717) is 5.69 Å². The van der Waals surface area contributed by atoms with E-state index in [-0.39, 0.29) is 5.75 Å². The van der Waals surface area contributed by atoms with E-state index in [0.717, 1.165) is 38.1 Å². The average Bonchev–Trinajstić information content (AvgIpc) is 2.97. The topological polar surface area (TPSA) is 75.4 Å². The van der Waals surface area contributed by atoms with Gasteiger partial charge in [-0.1, -0.05) is 18.2 Å². The van der Waals surface area contributed by atoms with Gasteiger partial charge in [0.25, 0.3) is 0 Å². The summed E-state index contributed by atoms with van der Waals surface area (Å²) in [6.07, 6.45) is 2.13. The first-order chi connectivity index (χ1) is 11.9. The molecule has 2 aromatic rings. The van der Waals surface area contributed by atoms with Crippen LogP contribution in [-0.2, 0) is 29.5 Å². The lowest BCUT2D eigenvalue weighted by Gasteiger charge is -2.28. The van der Waals surface area contributed by atoms with Crippen LogP contribution in [0.3, 0.4) is 0 Å². The second-order valence-corrected chi connectivity index (χ2v) is 9.45. The first-order valence-corrected chi connectivity index (χ1v) is 11.4. The molecule has 3 rings (SSSR count). The number of sulfone groups is 1. The lowest BCUT2D eigenvalue weighted by atomic mass is 10.2. The highest BCUT2D eigenvalue weighted by atomic mass is 32.2. The van der Waals surface area contributed by atoms with Gasteiger partial charge in [0.05, 0.1) is 23.7 Å². The van der Waals surface area contributed by atoms with Gasteiger partial charge in [-0.2, -0.15) is 5.10 Å². The van der Waals surface area contributed by atoms with Gasteiger partial charge in [-0.25, -0.2) is 8.42 Å². The molecule has 0 aliphatic carbocycles. The van der Waals surface area contributed by atoms with Crippen molar-refractivity contribution in [3.05, 3.63) is 47.3 Å². The summed E-state index contributed by atoms with van der Waals surface area (Å²) >= 11 is 1.75. The Morgan fingerprint density at radius 3 is 2.80 bits per heavy atom. The standard InChI is InChI=1S/C17H23N3O3S2/c1-24-17-6-4-3-5-13(17)10-19-7-8-20-14(11-19)9-15(18-20)16(21)12-25(2,22)23/h3-6,9,16,21H,7-8,10-12H2,1-2H3/t16-/m0/s1. The number of aromatic nitrogens is 2. The van der Waals surface area contributed by atoms with E-state index in [4.69, 9.17) is 0 Å². The van der Waals surface area contributed by atoms with Crippen molar-refractivity contribution in [2.24, 2.45) is 0 Å². The quantitative estimate of drug-likeness (QED) is 0.768. The van der Waals surface area contributed by atoms with E-state index in [2.05, 4.69) is 40.5 Å². The number of aliphatic hydroxyl groups excluding tert-OH is 1. The third kappa shape index (κ3) is 4.63. The highest BCUT2D eigenvalue weighted by Gasteiger charge is 2.23. The number of thioether (sulfide) groups is 1. The maximum absolute atomic E-state index is 11.4. The molecular weight excluding hydrogens is 358 g/mol. The number of hydrogen-bond donors (Lipinski definition) is 1. The molecule has 0 radical (unpaired) electrons. The van der Waals surface area contributed by atoms with Gasteiger partial charge in [0, 0.05) is 30.8 Å². The number of fused-ring (bicyclic) bond motifs is 1. The Labute approximate surface area is 152 Å². The van der Waals surface area contributed by atoms with E-state index < -0.39 is 15.9 Å². The maximum Gasteiger partial charge on any atom is 0.150 e. The Morgan fingerprint density at radius 2 is 2.08 bits per heavy atom. The predicted molar refractivity (Wildman–Crippen MR) is 99.2 cm³/mol. The monoisotopic (exact) mass is 381 g/mol. The first kappa shape index (κ1) is 18.4. The SMILES string of the molecule is CSc1ccccc1CN1CCn2nc([C@@H](O)CS(C)(=O)=O)cc2C1. The Balaban J connectivity index is 1.71. The molecule has 25 heavy (non-hydrogen) atoms. The van der Waals surface area contributed by atoms with Crippen molar-refractivity contribution in [3.63, 3.8) is 0 Å². The Morgan fingerprint density at radius 1 is 1.32 bits per heavy atom. The molecule has 1 aromatic heterocycles. The van der Waals surface area contributed by atoms with Gasteiger partial charge in [0.15, 0.2) is 0 Å². The molecule has 0 spiro atoms. The van der Waals surface area contributed by atoms with Crippen molar-refractivity contribution in [2.45, 2.75) is 30.6 Å². The Kier molecular flexibility index (Phi) is 5.52. The molecule has 1 aliphatic heterocycles. The molecule has 0 amide bonds. The van der Waals surface area contributed by atoms with E-state index in [1.54, 1.807) is 11.8 Å². The van der Waals surface area contributed by atoms with E-state index >= 15 is 0 Å². The molecular formula is C17H23N3O3S2. The van der Waals surface area contributed by atoms with Crippen LogP contribution in [-0.4, -0.2) is 53.0 Å². The largest absolute Gasteiger partial charge is 0.386 e. The van der Waals surface area contributed by atoms with Crippen LogP contribution in [0.5, 0.6) is 0 Å². The van der Waals surface area contributed by atoms with Gasteiger partial charge >= 0.3 is 0 Å². The average molecular weight is 382 g/mol. The third-order valence-corrected chi connectivity index (χ3v) is 6.04. The molecule has 0 fully saturated rings. The zero-order valence-corrected chi connectivity index (χ0v) is 16.1. The maximum atomic E-state index is 11.4. The van der Waals surface area contributed by atoms with Crippen molar-refractivity contribution in [2.75, 3.05) is 24.8 Å². The van der Waals surface area contributed by atoms with E-state index in [1.165, 1.54) is 10.5 Å². The molecule has 1 aliphatic rings. The van der Waals surface area contributed by atoms with Gasteiger partial charge in [0.1, 0.15) is 15.9 Å². The third-order valence-electron chi connectivity index (χ3n) is 4.28. The van der Waals surface area contributed by atoms with Crippen LogP contribution in [0, 0.1) is 0 Å². The zero-order valence-electron chi connectivity index (χ0n) is 14.4. The Hall–Kier alpha value is -1.35. The predicted octanol–water partition coefficient (Wildman–Crippen LogP) is 1.70. The first-order valence-electron chi connectivity index (χ1n) is 8.12. The number of aliphatic hydroxyl groups is 1. The summed E-state index contributed by atoms with van der Waals surface area (Å²) in [5.74, 6) is -0.297. The lowest BCUT2D eigenvalue weighted by Crippen LogP contribution is -2.33. The molecule has 0 saturated carbocycles. The van der Waals surface area contributed by atoms with Crippen molar-refractivity contribution in [1.29, 1.82) is 0 Å². The van der Waals surface area contributed by atoms with Crippen molar-refractivity contribution in [1.82, 2.24) is 14.7 Å². The second kappa shape index (κ2) is 7.49. The van der Waals surface area contributed by atoms with Crippen LogP contribution in [0.2, 0.25) is 0 Å². The minimum absolute atomic E-state index is 0.297. The van der Waals surface area contributed by atoms with Crippen molar-refractivity contribution < 1.29 is 13.5 Å². The smallest absolute Gasteiger partial charge is 0.150 e. The Bertz CT molecular complexity index is 849. The molecule has 1 N–H and O–H groups in total. The zero-order chi connectivity index (χ0) is 18.0. The fourth-order valence-electron chi connectivity index (χ4n) is 3.09. The summed E-state index contributed by atoms with van der Waals surface area (Å²) in [5.41, 5.74) is 2.75. The molecule has 2 heterocycles. The van der Waals surface area contributed by atoms with Crippen LogP contribution in [0.15, 0.2) is 35.2 Å². The van der Waals surface area contributed by atoms with Gasteiger partial charge in [-0.15, -0.1) is 11.8 Å². The van der Waals surface area contributed by atoms with Gasteiger partial charge in [-0.05, 0) is 24.0 Å². The fourth-order valence-corrected chi connectivity index (χ4v) is 4.44. The van der Waals surface area contributed by atoms with Crippen LogP contribution < -0.4 is 0 Å². The van der Waals surface area contributed by atoms with Crippen LogP contribution in [0.4, 0.5) is 0 Å². The summed E-state index contributed by atoms with van der Waals surface area (Å²) in [6.45, 7) is 3.21. The molecule has 136 valence electrons. The van der Waals surface area contributed by atoms with Crippen molar-refractivity contribution >= 4 is 21.6 Å². The van der Waals surface area contributed by atoms with Gasteiger partial charge in [0.2, 0.25) is 0 Å². The number of benzene rings is 1. The summed E-state index contributed by atoms with van der Waals surface area (Å²) in [5, 5.41) is 14.5. The number of nitrogens with zero attached hydrogens (tertiary/aromatic N) is 3. The normalized spacial score (nSPS) is 16.6. The number of rotatable bonds is 6. The summed E-state index contributed by atoms with van der Waals surface area (Å²) < 4.78 is 24.6. The molecule has 6 nitrogen and oxygen atoms in total. The summed E-state index contributed by atoms with van der Waals surface area (Å²) in [7, 11) is -3.24. The number of hydrogen-bond acceptors (Lipinski definition) is 6. The molecule has 8 heteroatoms. The highest BCUT2D eigenvalue weighted by Crippen LogP contribution is 2.24. The summed E-state index contributed by atoms with van der Waals surface area (Å²) in [6, 6.07) is 10.2. The van der Waals surface area contributed by atoms with Gasteiger partial charge in [-0.3, -0.25) is 9.58 Å².